The average molecular weight is 483 g/mol. The highest BCUT2D eigenvalue weighted by atomic mass is 32.1. The van der Waals surface area contributed by atoms with Crippen LogP contribution in [0.5, 0.6) is 11.5 Å². The van der Waals surface area contributed by atoms with Gasteiger partial charge in [-0.05, 0) is 31.4 Å². The normalized spacial score (nSPS) is 21.2. The van der Waals surface area contributed by atoms with Crippen molar-refractivity contribution in [2.24, 2.45) is 0 Å². The molecule has 2 fully saturated rings. The van der Waals surface area contributed by atoms with Crippen LogP contribution in [-0.2, 0) is 6.54 Å². The number of likely N-dealkylation sites (tertiary alicyclic amines) is 1. The Balaban J connectivity index is 1.51. The van der Waals surface area contributed by atoms with Crippen molar-refractivity contribution in [3.63, 3.8) is 0 Å². The van der Waals surface area contributed by atoms with Crippen LogP contribution in [0.1, 0.15) is 53.5 Å². The molecule has 1 aromatic carbocycles. The molecule has 3 amide bonds. The third-order valence-corrected chi connectivity index (χ3v) is 8.17. The maximum absolute atomic E-state index is 13.7. The average Bonchev–Trinajstić information content (AvgIpc) is 3.42. The number of hydrogen-bond acceptors (Lipinski definition) is 6. The van der Waals surface area contributed by atoms with Crippen LogP contribution in [-0.4, -0.2) is 71.0 Å². The summed E-state index contributed by atoms with van der Waals surface area (Å²) in [6, 6.07) is 3.94. The van der Waals surface area contributed by atoms with E-state index in [0.717, 1.165) is 22.6 Å². The predicted octanol–water partition coefficient (Wildman–Crippen LogP) is 4.09. The molecule has 0 saturated carbocycles. The maximum atomic E-state index is 13.7. The van der Waals surface area contributed by atoms with E-state index in [1.165, 1.54) is 11.3 Å². The standard InChI is InChI=1S/C25H30N4O4S/c1-5-29-24(31)28-15-17-13-18(32-3)14-19(33-4)21(17)16(2)12-20(28)25(29)6-9-27(10-7-25)23(30)22-26-8-11-34-22/h8,11-14,16H,5-7,9-10,15H2,1-4H3. The Kier molecular flexibility index (Phi) is 5.75. The number of carbonyl (C=O) groups is 2. The molecule has 3 aliphatic heterocycles. The molecule has 4 heterocycles. The lowest BCUT2D eigenvalue weighted by molar-refractivity contribution is 0.0575. The molecule has 2 saturated heterocycles. The number of piperidine rings is 1. The lowest BCUT2D eigenvalue weighted by Gasteiger charge is -2.44. The minimum atomic E-state index is -0.418. The Bertz CT molecular complexity index is 1140. The number of fused-ring (bicyclic) bond motifs is 3. The summed E-state index contributed by atoms with van der Waals surface area (Å²) >= 11 is 1.37. The molecular weight excluding hydrogens is 452 g/mol. The first kappa shape index (κ1) is 22.7. The highest BCUT2D eigenvalue weighted by Gasteiger charge is 2.55. The summed E-state index contributed by atoms with van der Waals surface area (Å²) in [5.74, 6) is 1.53. The van der Waals surface area contributed by atoms with Crippen molar-refractivity contribution in [3.8, 4) is 11.5 Å². The number of hydrogen-bond donors (Lipinski definition) is 0. The third kappa shape index (κ3) is 3.36. The number of methoxy groups -OCH3 is 2. The Hall–Kier alpha value is -3.07. The largest absolute Gasteiger partial charge is 0.497 e. The van der Waals surface area contributed by atoms with Crippen molar-refractivity contribution in [2.75, 3.05) is 33.9 Å². The number of benzene rings is 1. The van der Waals surface area contributed by atoms with Crippen molar-refractivity contribution in [1.29, 1.82) is 0 Å². The third-order valence-electron chi connectivity index (χ3n) is 7.40. The molecular formula is C25H30N4O4S. The fourth-order valence-corrected chi connectivity index (χ4v) is 6.41. The van der Waals surface area contributed by atoms with Crippen LogP contribution in [0.2, 0.25) is 0 Å². The molecule has 1 unspecified atom stereocenters. The number of urea groups is 1. The number of carbonyl (C=O) groups excluding carboxylic acids is 2. The summed E-state index contributed by atoms with van der Waals surface area (Å²) in [5, 5.41) is 2.34. The number of allylic oxidation sites excluding steroid dienone is 1. The molecule has 1 aromatic heterocycles. The Morgan fingerprint density at radius 1 is 1.24 bits per heavy atom. The van der Waals surface area contributed by atoms with Crippen LogP contribution in [0.15, 0.2) is 35.5 Å². The second-order valence-corrected chi connectivity index (χ2v) is 9.91. The number of amides is 3. The fourth-order valence-electron chi connectivity index (χ4n) is 5.81. The van der Waals surface area contributed by atoms with E-state index in [-0.39, 0.29) is 17.9 Å². The Morgan fingerprint density at radius 2 is 2.00 bits per heavy atom. The second kappa shape index (κ2) is 8.61. The Labute approximate surface area is 203 Å². The number of thiazole rings is 1. The van der Waals surface area contributed by atoms with Crippen LogP contribution in [0.25, 0.3) is 0 Å². The molecule has 34 heavy (non-hydrogen) atoms. The van der Waals surface area contributed by atoms with Gasteiger partial charge < -0.3 is 19.3 Å². The molecule has 3 aliphatic rings. The summed E-state index contributed by atoms with van der Waals surface area (Å²) in [5.41, 5.74) is 2.75. The van der Waals surface area contributed by atoms with Gasteiger partial charge in [-0.25, -0.2) is 9.78 Å². The first-order valence-electron chi connectivity index (χ1n) is 11.7. The van der Waals surface area contributed by atoms with Crippen LogP contribution in [0, 0.1) is 0 Å². The smallest absolute Gasteiger partial charge is 0.325 e. The van der Waals surface area contributed by atoms with Gasteiger partial charge in [-0.15, -0.1) is 11.3 Å². The molecule has 180 valence electrons. The topological polar surface area (TPSA) is 75.2 Å². The van der Waals surface area contributed by atoms with Gasteiger partial charge in [0.2, 0.25) is 0 Å². The van der Waals surface area contributed by atoms with E-state index in [4.69, 9.17) is 9.47 Å². The SMILES string of the molecule is CCN1C(=O)N2Cc3cc(OC)cc(OC)c3C(C)C=C2C12CCN(C(=O)c1nccs1)CC2. The first-order chi connectivity index (χ1) is 16.4. The minimum absolute atomic E-state index is 0.0234. The van der Waals surface area contributed by atoms with Gasteiger partial charge in [0.15, 0.2) is 5.01 Å². The second-order valence-electron chi connectivity index (χ2n) is 9.02. The van der Waals surface area contributed by atoms with Crippen molar-refractivity contribution in [3.05, 3.63) is 51.6 Å². The van der Waals surface area contributed by atoms with Crippen LogP contribution < -0.4 is 9.47 Å². The summed E-state index contributed by atoms with van der Waals surface area (Å²) in [7, 11) is 3.31. The Morgan fingerprint density at radius 3 is 2.62 bits per heavy atom. The molecule has 8 nitrogen and oxygen atoms in total. The van der Waals surface area contributed by atoms with Crippen LogP contribution in [0.4, 0.5) is 4.79 Å². The highest BCUT2D eigenvalue weighted by Crippen LogP contribution is 2.49. The van der Waals surface area contributed by atoms with Crippen LogP contribution in [0.3, 0.4) is 0 Å². The molecule has 1 atom stereocenters. The van der Waals surface area contributed by atoms with E-state index < -0.39 is 5.54 Å². The number of likely N-dealkylation sites (N-methyl/N-ethyl adjacent to an activating group) is 1. The molecule has 0 N–H and O–H groups in total. The predicted molar refractivity (Wildman–Crippen MR) is 129 cm³/mol. The van der Waals surface area contributed by atoms with Crippen molar-refractivity contribution in [1.82, 2.24) is 19.7 Å². The van der Waals surface area contributed by atoms with Gasteiger partial charge in [-0.3, -0.25) is 9.69 Å². The summed E-state index contributed by atoms with van der Waals surface area (Å²) in [4.78, 5) is 36.5. The summed E-state index contributed by atoms with van der Waals surface area (Å²) in [6.45, 7) is 6.45. The van der Waals surface area contributed by atoms with E-state index in [9.17, 15) is 9.59 Å². The van der Waals surface area contributed by atoms with Gasteiger partial charge >= 0.3 is 6.03 Å². The van der Waals surface area contributed by atoms with Crippen molar-refractivity contribution < 1.29 is 19.1 Å². The number of nitrogens with zero attached hydrogens (tertiary/aromatic N) is 4. The lowest BCUT2D eigenvalue weighted by Crippen LogP contribution is -2.54. The summed E-state index contributed by atoms with van der Waals surface area (Å²) < 4.78 is 11.2. The van der Waals surface area contributed by atoms with Gasteiger partial charge in [-0.1, -0.05) is 13.0 Å². The van der Waals surface area contributed by atoms with Gasteiger partial charge in [-0.2, -0.15) is 0 Å². The number of rotatable bonds is 4. The van der Waals surface area contributed by atoms with Gasteiger partial charge in [0.25, 0.3) is 5.91 Å². The zero-order valence-electron chi connectivity index (χ0n) is 20.0. The monoisotopic (exact) mass is 482 g/mol. The molecule has 9 heteroatoms. The van der Waals surface area contributed by atoms with Gasteiger partial charge in [0.05, 0.1) is 26.3 Å². The molecule has 2 aromatic rings. The van der Waals surface area contributed by atoms with E-state index >= 15 is 0 Å². The van der Waals surface area contributed by atoms with Crippen molar-refractivity contribution >= 4 is 23.3 Å². The van der Waals surface area contributed by atoms with E-state index in [1.807, 2.05) is 39.1 Å². The number of ether oxygens (including phenoxy) is 2. The maximum Gasteiger partial charge on any atom is 0.325 e. The van der Waals surface area contributed by atoms with Crippen LogP contribution >= 0.6 is 11.3 Å². The first-order valence-corrected chi connectivity index (χ1v) is 12.6. The van der Waals surface area contributed by atoms with Gasteiger partial charge in [0, 0.05) is 54.5 Å². The number of aromatic nitrogens is 1. The highest BCUT2D eigenvalue weighted by molar-refractivity contribution is 7.11. The zero-order valence-corrected chi connectivity index (χ0v) is 20.9. The molecule has 0 radical (unpaired) electrons. The van der Waals surface area contributed by atoms with E-state index in [1.54, 1.807) is 20.4 Å². The van der Waals surface area contributed by atoms with E-state index in [2.05, 4.69) is 18.0 Å². The lowest BCUT2D eigenvalue weighted by atomic mass is 9.82. The molecule has 0 aliphatic carbocycles. The van der Waals surface area contributed by atoms with Crippen molar-refractivity contribution in [2.45, 2.75) is 44.7 Å². The molecule has 1 spiro atoms. The quantitative estimate of drug-likeness (QED) is 0.656. The zero-order chi connectivity index (χ0) is 24.0. The molecule has 5 rings (SSSR count). The fraction of sp³-hybridized carbons (Fsp3) is 0.480. The minimum Gasteiger partial charge on any atom is -0.497 e. The molecule has 0 bridgehead atoms. The van der Waals surface area contributed by atoms with E-state index in [0.29, 0.717) is 49.8 Å². The summed E-state index contributed by atoms with van der Waals surface area (Å²) in [6.07, 6.45) is 5.30. The van der Waals surface area contributed by atoms with Gasteiger partial charge in [0.1, 0.15) is 11.5 Å².